The van der Waals surface area contributed by atoms with Crippen molar-refractivity contribution in [1.82, 2.24) is 0 Å². The third kappa shape index (κ3) is 4.06. The molecule has 0 spiro atoms. The van der Waals surface area contributed by atoms with Crippen LogP contribution in [0.5, 0.6) is 0 Å². The second-order valence-corrected chi connectivity index (χ2v) is 3.98. The lowest BCUT2D eigenvalue weighted by Crippen LogP contribution is -2.15. The first-order valence-electron chi connectivity index (χ1n) is 4.81. The van der Waals surface area contributed by atoms with Gasteiger partial charge in [0.05, 0.1) is 11.6 Å². The zero-order valence-corrected chi connectivity index (χ0v) is 9.64. The van der Waals surface area contributed by atoms with E-state index in [4.69, 9.17) is 16.3 Å². The first-order chi connectivity index (χ1) is 7.13. The van der Waals surface area contributed by atoms with E-state index < -0.39 is 5.82 Å². The number of halogens is 2. The quantitative estimate of drug-likeness (QED) is 0.841. The molecule has 0 aliphatic carbocycles. The average molecular weight is 232 g/mol. The first kappa shape index (κ1) is 12.3. The molecule has 0 heterocycles. The van der Waals surface area contributed by atoms with Crippen LogP contribution in [0.1, 0.15) is 6.92 Å². The highest BCUT2D eigenvalue weighted by Gasteiger charge is 2.03. The average Bonchev–Trinajstić information content (AvgIpc) is 2.20. The number of anilines is 1. The van der Waals surface area contributed by atoms with Crippen molar-refractivity contribution >= 4 is 17.3 Å². The number of hydrogen-bond donors (Lipinski definition) is 1. The van der Waals surface area contributed by atoms with Crippen LogP contribution >= 0.6 is 11.6 Å². The van der Waals surface area contributed by atoms with Gasteiger partial charge in [0, 0.05) is 19.3 Å². The van der Waals surface area contributed by atoms with Gasteiger partial charge < -0.3 is 10.1 Å². The van der Waals surface area contributed by atoms with Crippen molar-refractivity contribution < 1.29 is 9.13 Å². The molecule has 1 aromatic carbocycles. The Morgan fingerprint density at radius 3 is 2.87 bits per heavy atom. The maximum absolute atomic E-state index is 12.8. The van der Waals surface area contributed by atoms with E-state index in [-0.39, 0.29) is 5.02 Å². The minimum absolute atomic E-state index is 0.138. The third-order valence-electron chi connectivity index (χ3n) is 2.03. The van der Waals surface area contributed by atoms with Crippen molar-refractivity contribution in [1.29, 1.82) is 0 Å². The molecule has 1 aromatic rings. The van der Waals surface area contributed by atoms with Crippen LogP contribution in [0.3, 0.4) is 0 Å². The summed E-state index contributed by atoms with van der Waals surface area (Å²) in [7, 11) is 1.67. The molecule has 0 saturated heterocycles. The zero-order valence-electron chi connectivity index (χ0n) is 8.89. The summed E-state index contributed by atoms with van der Waals surface area (Å²) >= 11 is 5.65. The Bertz CT molecular complexity index is 319. The number of nitrogens with one attached hydrogen (secondary N) is 1. The van der Waals surface area contributed by atoms with Crippen molar-refractivity contribution in [3.05, 3.63) is 29.0 Å². The van der Waals surface area contributed by atoms with Crippen molar-refractivity contribution in [3.63, 3.8) is 0 Å². The minimum atomic E-state index is -0.396. The molecule has 1 rings (SSSR count). The Balaban J connectivity index is 2.47. The lowest BCUT2D eigenvalue weighted by molar-refractivity contribution is 0.164. The van der Waals surface area contributed by atoms with Crippen LogP contribution in [0.2, 0.25) is 5.02 Å². The Labute approximate surface area is 94.4 Å². The molecule has 1 N–H and O–H groups in total. The monoisotopic (exact) mass is 231 g/mol. The van der Waals surface area contributed by atoms with Crippen molar-refractivity contribution in [2.45, 2.75) is 6.92 Å². The number of rotatable bonds is 5. The second-order valence-electron chi connectivity index (χ2n) is 3.57. The van der Waals surface area contributed by atoms with E-state index in [2.05, 4.69) is 12.2 Å². The van der Waals surface area contributed by atoms with E-state index in [0.29, 0.717) is 12.5 Å². The van der Waals surface area contributed by atoms with Crippen LogP contribution in [0.25, 0.3) is 0 Å². The summed E-state index contributed by atoms with van der Waals surface area (Å²) in [6.45, 7) is 3.54. The van der Waals surface area contributed by atoms with Crippen molar-refractivity contribution in [2.24, 2.45) is 5.92 Å². The maximum atomic E-state index is 12.8. The second kappa shape index (κ2) is 5.93. The smallest absolute Gasteiger partial charge is 0.141 e. The molecular formula is C11H15ClFNO. The maximum Gasteiger partial charge on any atom is 0.141 e. The summed E-state index contributed by atoms with van der Waals surface area (Å²) in [5.41, 5.74) is 0.823. The van der Waals surface area contributed by atoms with E-state index >= 15 is 0 Å². The van der Waals surface area contributed by atoms with Gasteiger partial charge in [-0.2, -0.15) is 0 Å². The molecule has 0 aliphatic heterocycles. The highest BCUT2D eigenvalue weighted by Crippen LogP contribution is 2.19. The summed E-state index contributed by atoms with van der Waals surface area (Å²) < 4.78 is 17.8. The normalized spacial score (nSPS) is 12.5. The van der Waals surface area contributed by atoms with Crippen LogP contribution in [0.15, 0.2) is 18.2 Å². The third-order valence-corrected chi connectivity index (χ3v) is 2.32. The van der Waals surface area contributed by atoms with Gasteiger partial charge in [-0.05, 0) is 24.1 Å². The molecule has 4 heteroatoms. The van der Waals surface area contributed by atoms with Gasteiger partial charge in [-0.3, -0.25) is 0 Å². The number of ether oxygens (including phenoxy) is 1. The van der Waals surface area contributed by atoms with Gasteiger partial charge in [0.2, 0.25) is 0 Å². The fourth-order valence-corrected chi connectivity index (χ4v) is 1.42. The molecular weight excluding hydrogens is 217 g/mol. The van der Waals surface area contributed by atoms with E-state index in [9.17, 15) is 4.39 Å². The molecule has 0 aromatic heterocycles. The van der Waals surface area contributed by atoms with Crippen molar-refractivity contribution in [2.75, 3.05) is 25.6 Å². The Hall–Kier alpha value is -0.800. The van der Waals surface area contributed by atoms with Crippen LogP contribution in [0, 0.1) is 11.7 Å². The molecule has 2 nitrogen and oxygen atoms in total. The largest absolute Gasteiger partial charge is 0.385 e. The minimum Gasteiger partial charge on any atom is -0.385 e. The van der Waals surface area contributed by atoms with Gasteiger partial charge in [0.15, 0.2) is 0 Å². The Morgan fingerprint density at radius 1 is 1.53 bits per heavy atom. The summed E-state index contributed by atoms with van der Waals surface area (Å²) in [6, 6.07) is 4.60. The lowest BCUT2D eigenvalue weighted by atomic mass is 10.2. The summed E-state index contributed by atoms with van der Waals surface area (Å²) in [5, 5.41) is 3.30. The highest BCUT2D eigenvalue weighted by atomic mass is 35.5. The summed E-state index contributed by atoms with van der Waals surface area (Å²) in [5.74, 6) is 0.00554. The molecule has 0 saturated carbocycles. The van der Waals surface area contributed by atoms with E-state index in [1.807, 2.05) is 0 Å². The van der Waals surface area contributed by atoms with Crippen LogP contribution in [-0.4, -0.2) is 20.3 Å². The predicted octanol–water partition coefficient (Wildman–Crippen LogP) is 3.17. The zero-order chi connectivity index (χ0) is 11.3. The number of hydrogen-bond acceptors (Lipinski definition) is 2. The van der Waals surface area contributed by atoms with E-state index in [1.54, 1.807) is 19.2 Å². The van der Waals surface area contributed by atoms with Gasteiger partial charge in [0.25, 0.3) is 0 Å². The lowest BCUT2D eigenvalue weighted by Gasteiger charge is -2.12. The highest BCUT2D eigenvalue weighted by molar-refractivity contribution is 6.31. The number of methoxy groups -OCH3 is 1. The SMILES string of the molecule is COCC(C)CNc1ccc(F)c(Cl)c1. The Kier molecular flexibility index (Phi) is 4.85. The molecule has 15 heavy (non-hydrogen) atoms. The van der Waals surface area contributed by atoms with Crippen LogP contribution in [-0.2, 0) is 4.74 Å². The Morgan fingerprint density at radius 2 is 2.27 bits per heavy atom. The van der Waals surface area contributed by atoms with E-state index in [1.165, 1.54) is 6.07 Å². The van der Waals surface area contributed by atoms with Gasteiger partial charge in [-0.25, -0.2) is 4.39 Å². The fraction of sp³-hybridized carbons (Fsp3) is 0.455. The topological polar surface area (TPSA) is 21.3 Å². The summed E-state index contributed by atoms with van der Waals surface area (Å²) in [6.07, 6.45) is 0. The van der Waals surface area contributed by atoms with Gasteiger partial charge in [0.1, 0.15) is 5.82 Å². The molecule has 0 bridgehead atoms. The molecule has 84 valence electrons. The molecule has 0 fully saturated rings. The standard InChI is InChI=1S/C11H15ClFNO/c1-8(7-15-2)6-14-9-3-4-11(13)10(12)5-9/h3-5,8,14H,6-7H2,1-2H3. The molecule has 0 radical (unpaired) electrons. The van der Waals surface area contributed by atoms with Crippen molar-refractivity contribution in [3.8, 4) is 0 Å². The van der Waals surface area contributed by atoms with Crippen LogP contribution < -0.4 is 5.32 Å². The molecule has 1 unspecified atom stereocenters. The molecule has 0 aliphatic rings. The number of benzene rings is 1. The van der Waals surface area contributed by atoms with Gasteiger partial charge in [-0.15, -0.1) is 0 Å². The predicted molar refractivity (Wildman–Crippen MR) is 60.9 cm³/mol. The van der Waals surface area contributed by atoms with Gasteiger partial charge >= 0.3 is 0 Å². The van der Waals surface area contributed by atoms with Gasteiger partial charge in [-0.1, -0.05) is 18.5 Å². The fourth-order valence-electron chi connectivity index (χ4n) is 1.24. The van der Waals surface area contributed by atoms with Crippen LogP contribution in [0.4, 0.5) is 10.1 Å². The first-order valence-corrected chi connectivity index (χ1v) is 5.19. The molecule has 0 amide bonds. The van der Waals surface area contributed by atoms with E-state index in [0.717, 1.165) is 12.2 Å². The summed E-state index contributed by atoms with van der Waals surface area (Å²) in [4.78, 5) is 0. The molecule has 1 atom stereocenters.